The third-order valence-electron chi connectivity index (χ3n) is 4.07. The first-order valence-corrected chi connectivity index (χ1v) is 10.1. The van der Waals surface area contributed by atoms with E-state index < -0.39 is 27.7 Å². The Bertz CT molecular complexity index is 944. The van der Waals surface area contributed by atoms with Crippen LogP contribution in [-0.4, -0.2) is 37.9 Å². The summed E-state index contributed by atoms with van der Waals surface area (Å²) in [6.07, 6.45) is 0.401. The normalized spacial score (nSPS) is 17.9. The van der Waals surface area contributed by atoms with E-state index in [0.29, 0.717) is 23.4 Å². The van der Waals surface area contributed by atoms with Gasteiger partial charge in [0.15, 0.2) is 9.84 Å². The second-order valence-corrected chi connectivity index (χ2v) is 8.47. The number of nitrogens with one attached hydrogen (secondary N) is 3. The monoisotopic (exact) mass is 391 g/mol. The molecule has 1 aliphatic heterocycles. The van der Waals surface area contributed by atoms with Crippen LogP contribution in [0, 0.1) is 5.82 Å². The maximum Gasteiger partial charge on any atom is 0.319 e. The molecule has 0 radical (unpaired) electrons. The highest BCUT2D eigenvalue weighted by Crippen LogP contribution is 2.14. The van der Waals surface area contributed by atoms with Crippen LogP contribution in [0.15, 0.2) is 48.5 Å². The highest BCUT2D eigenvalue weighted by Gasteiger charge is 2.28. The second kappa shape index (κ2) is 7.75. The van der Waals surface area contributed by atoms with Crippen molar-refractivity contribution >= 4 is 33.2 Å². The van der Waals surface area contributed by atoms with Gasteiger partial charge >= 0.3 is 6.03 Å². The fourth-order valence-corrected chi connectivity index (χ4v) is 4.38. The molecule has 1 atom stereocenters. The third kappa shape index (κ3) is 5.27. The molecule has 0 aliphatic carbocycles. The standard InChI is InChI=1S/C18H18FN3O4S/c19-13-3-7-14(8-4-13)20-17(23)12-1-5-15(6-2-12)21-18(24)22-16-9-10-27(25,26)11-16/h1-8,16H,9-11H2,(H,20,23)(H2,21,22,24)/t16-/m1/s1. The van der Waals surface area contributed by atoms with Crippen molar-refractivity contribution in [2.75, 3.05) is 22.1 Å². The topological polar surface area (TPSA) is 104 Å². The van der Waals surface area contributed by atoms with Gasteiger partial charge in [-0.05, 0) is 55.0 Å². The number of urea groups is 1. The van der Waals surface area contributed by atoms with Crippen molar-refractivity contribution in [3.8, 4) is 0 Å². The highest BCUT2D eigenvalue weighted by atomic mass is 32.2. The minimum Gasteiger partial charge on any atom is -0.334 e. The van der Waals surface area contributed by atoms with Crippen molar-refractivity contribution in [2.45, 2.75) is 12.5 Å². The van der Waals surface area contributed by atoms with Crippen LogP contribution in [0.3, 0.4) is 0 Å². The van der Waals surface area contributed by atoms with Gasteiger partial charge in [-0.3, -0.25) is 4.79 Å². The number of sulfone groups is 1. The molecule has 1 aliphatic rings. The van der Waals surface area contributed by atoms with Gasteiger partial charge in [0.1, 0.15) is 5.82 Å². The molecule has 0 saturated carbocycles. The lowest BCUT2D eigenvalue weighted by molar-refractivity contribution is 0.102. The summed E-state index contributed by atoms with van der Waals surface area (Å²) in [7, 11) is -3.07. The average molecular weight is 391 g/mol. The molecule has 0 spiro atoms. The van der Waals surface area contributed by atoms with Crippen LogP contribution < -0.4 is 16.0 Å². The van der Waals surface area contributed by atoms with E-state index in [9.17, 15) is 22.4 Å². The molecule has 1 saturated heterocycles. The first-order valence-electron chi connectivity index (χ1n) is 8.26. The van der Waals surface area contributed by atoms with E-state index in [1.807, 2.05) is 0 Å². The third-order valence-corrected chi connectivity index (χ3v) is 5.84. The summed E-state index contributed by atoms with van der Waals surface area (Å²) < 4.78 is 35.7. The van der Waals surface area contributed by atoms with Crippen molar-refractivity contribution in [1.82, 2.24) is 5.32 Å². The number of amides is 3. The zero-order valence-corrected chi connectivity index (χ0v) is 15.1. The largest absolute Gasteiger partial charge is 0.334 e. The predicted octanol–water partition coefficient (Wildman–Crippen LogP) is 2.39. The minimum atomic E-state index is -3.07. The fourth-order valence-electron chi connectivity index (χ4n) is 2.70. The van der Waals surface area contributed by atoms with E-state index >= 15 is 0 Å². The number of hydrogen-bond acceptors (Lipinski definition) is 4. The smallest absolute Gasteiger partial charge is 0.319 e. The molecule has 0 bridgehead atoms. The van der Waals surface area contributed by atoms with Gasteiger partial charge in [-0.1, -0.05) is 0 Å². The maximum atomic E-state index is 12.9. The van der Waals surface area contributed by atoms with Crippen molar-refractivity contribution in [2.24, 2.45) is 0 Å². The summed E-state index contributed by atoms with van der Waals surface area (Å²) in [5, 5.41) is 7.86. The molecule has 142 valence electrons. The van der Waals surface area contributed by atoms with Gasteiger partial charge < -0.3 is 16.0 Å². The number of carbonyl (C=O) groups excluding carboxylic acids is 2. The van der Waals surface area contributed by atoms with Crippen LogP contribution in [0.2, 0.25) is 0 Å². The molecule has 7 nitrogen and oxygen atoms in total. The Balaban J connectivity index is 1.54. The Hall–Kier alpha value is -2.94. The molecule has 3 N–H and O–H groups in total. The Morgan fingerprint density at radius 1 is 0.926 bits per heavy atom. The molecule has 3 rings (SSSR count). The Morgan fingerprint density at radius 2 is 1.52 bits per heavy atom. The highest BCUT2D eigenvalue weighted by molar-refractivity contribution is 7.91. The van der Waals surface area contributed by atoms with Gasteiger partial charge in [-0.15, -0.1) is 0 Å². The van der Waals surface area contributed by atoms with Crippen LogP contribution in [-0.2, 0) is 9.84 Å². The summed E-state index contributed by atoms with van der Waals surface area (Å²) >= 11 is 0. The Labute approximate surface area is 155 Å². The lowest BCUT2D eigenvalue weighted by atomic mass is 10.2. The lowest BCUT2D eigenvalue weighted by Gasteiger charge is -2.12. The van der Waals surface area contributed by atoms with Gasteiger partial charge in [0, 0.05) is 23.0 Å². The van der Waals surface area contributed by atoms with Gasteiger partial charge in [0.25, 0.3) is 5.91 Å². The first kappa shape index (κ1) is 18.8. The lowest BCUT2D eigenvalue weighted by Crippen LogP contribution is -2.38. The van der Waals surface area contributed by atoms with Crippen LogP contribution in [0.4, 0.5) is 20.6 Å². The molecular weight excluding hydrogens is 373 g/mol. The van der Waals surface area contributed by atoms with Crippen LogP contribution in [0.5, 0.6) is 0 Å². The molecule has 9 heteroatoms. The van der Waals surface area contributed by atoms with Crippen molar-refractivity contribution < 1.29 is 22.4 Å². The fraction of sp³-hybridized carbons (Fsp3) is 0.222. The molecular formula is C18H18FN3O4S. The van der Waals surface area contributed by atoms with E-state index in [4.69, 9.17) is 0 Å². The molecule has 27 heavy (non-hydrogen) atoms. The molecule has 1 heterocycles. The van der Waals surface area contributed by atoms with Crippen LogP contribution >= 0.6 is 0 Å². The summed E-state index contributed by atoms with van der Waals surface area (Å²) in [5.74, 6) is -0.732. The molecule has 0 aromatic heterocycles. The number of rotatable bonds is 4. The number of halogens is 1. The molecule has 3 amide bonds. The van der Waals surface area contributed by atoms with Gasteiger partial charge in [-0.2, -0.15) is 0 Å². The van der Waals surface area contributed by atoms with E-state index in [-0.39, 0.29) is 17.4 Å². The molecule has 1 fully saturated rings. The van der Waals surface area contributed by atoms with Gasteiger partial charge in [-0.25, -0.2) is 17.6 Å². The summed E-state index contributed by atoms with van der Waals surface area (Å²) in [4.78, 5) is 24.1. The minimum absolute atomic E-state index is 0.0527. The predicted molar refractivity (Wildman–Crippen MR) is 100 cm³/mol. The molecule has 0 unspecified atom stereocenters. The first-order chi connectivity index (χ1) is 12.8. The number of carbonyl (C=O) groups is 2. The van der Waals surface area contributed by atoms with Gasteiger partial charge in [0.05, 0.1) is 11.5 Å². The van der Waals surface area contributed by atoms with Crippen molar-refractivity contribution in [3.63, 3.8) is 0 Å². The van der Waals surface area contributed by atoms with Crippen LogP contribution in [0.1, 0.15) is 16.8 Å². The number of hydrogen-bond donors (Lipinski definition) is 3. The SMILES string of the molecule is O=C(Nc1ccc(C(=O)Nc2ccc(F)cc2)cc1)N[C@@H]1CCS(=O)(=O)C1. The van der Waals surface area contributed by atoms with E-state index in [2.05, 4.69) is 16.0 Å². The quantitative estimate of drug-likeness (QED) is 0.744. The molecule has 2 aromatic carbocycles. The Morgan fingerprint density at radius 3 is 2.11 bits per heavy atom. The van der Waals surface area contributed by atoms with Gasteiger partial charge in [0.2, 0.25) is 0 Å². The molecule has 2 aromatic rings. The van der Waals surface area contributed by atoms with Crippen molar-refractivity contribution in [3.05, 3.63) is 59.9 Å². The summed E-state index contributed by atoms with van der Waals surface area (Å²) in [6.45, 7) is 0. The average Bonchev–Trinajstić information content (AvgIpc) is 2.96. The van der Waals surface area contributed by atoms with Crippen molar-refractivity contribution in [1.29, 1.82) is 0 Å². The van der Waals surface area contributed by atoms with E-state index in [0.717, 1.165) is 0 Å². The zero-order valence-electron chi connectivity index (χ0n) is 14.2. The summed E-state index contributed by atoms with van der Waals surface area (Å²) in [6, 6.07) is 10.7. The second-order valence-electron chi connectivity index (χ2n) is 6.24. The van der Waals surface area contributed by atoms with E-state index in [1.54, 1.807) is 12.1 Å². The Kier molecular flexibility index (Phi) is 5.41. The number of benzene rings is 2. The van der Waals surface area contributed by atoms with Crippen LogP contribution in [0.25, 0.3) is 0 Å². The van der Waals surface area contributed by atoms with E-state index in [1.165, 1.54) is 36.4 Å². The summed E-state index contributed by atoms with van der Waals surface area (Å²) in [5.41, 5.74) is 1.30. The zero-order chi connectivity index (χ0) is 19.4. The maximum absolute atomic E-state index is 12.9. The number of anilines is 2.